The number of methoxy groups -OCH3 is 2. The van der Waals surface area contributed by atoms with Gasteiger partial charge in [-0.15, -0.1) is 11.3 Å². The van der Waals surface area contributed by atoms with Crippen molar-refractivity contribution in [3.8, 4) is 11.5 Å². The summed E-state index contributed by atoms with van der Waals surface area (Å²) >= 11 is 5.33. The second-order valence-electron chi connectivity index (χ2n) is 4.23. The first-order valence-corrected chi connectivity index (χ1v) is 8.06. The minimum Gasteiger partial charge on any atom is -0.497 e. The normalized spacial score (nSPS) is 12.2. The van der Waals surface area contributed by atoms with Crippen molar-refractivity contribution in [3.05, 3.63) is 44.6 Å². The Morgan fingerprint density at radius 3 is 2.60 bits per heavy atom. The Morgan fingerprint density at radius 1 is 1.25 bits per heavy atom. The quantitative estimate of drug-likeness (QED) is 0.840. The first-order chi connectivity index (χ1) is 9.71. The summed E-state index contributed by atoms with van der Waals surface area (Å²) in [6.45, 7) is 2.97. The zero-order chi connectivity index (χ0) is 14.5. The lowest BCUT2D eigenvalue weighted by Gasteiger charge is -2.21. The van der Waals surface area contributed by atoms with Crippen molar-refractivity contribution in [2.24, 2.45) is 0 Å². The second kappa shape index (κ2) is 7.11. The zero-order valence-electron chi connectivity index (χ0n) is 11.8. The summed E-state index contributed by atoms with van der Waals surface area (Å²) in [5, 5.41) is 5.59. The summed E-state index contributed by atoms with van der Waals surface area (Å²) < 4.78 is 12.0. The van der Waals surface area contributed by atoms with Crippen LogP contribution in [-0.2, 0) is 0 Å². The molecular formula is C15H18BrNO2S. The summed E-state index contributed by atoms with van der Waals surface area (Å²) in [7, 11) is 3.37. The molecule has 20 heavy (non-hydrogen) atoms. The van der Waals surface area contributed by atoms with E-state index in [9.17, 15) is 0 Å². The minimum absolute atomic E-state index is 0.0828. The molecule has 0 aliphatic rings. The maximum Gasteiger partial charge on any atom is 0.124 e. The summed E-state index contributed by atoms with van der Waals surface area (Å²) in [5.74, 6) is 1.69. The maximum atomic E-state index is 5.50. The molecule has 1 atom stereocenters. The highest BCUT2D eigenvalue weighted by atomic mass is 79.9. The van der Waals surface area contributed by atoms with Crippen molar-refractivity contribution in [2.45, 2.75) is 13.0 Å². The maximum absolute atomic E-state index is 5.50. The van der Waals surface area contributed by atoms with E-state index in [4.69, 9.17) is 9.47 Å². The molecule has 0 aliphatic carbocycles. The van der Waals surface area contributed by atoms with Gasteiger partial charge in [-0.1, -0.05) is 6.92 Å². The van der Waals surface area contributed by atoms with E-state index >= 15 is 0 Å². The molecule has 1 aromatic carbocycles. The number of ether oxygens (including phenoxy) is 2. The molecule has 0 amide bonds. The molecule has 2 aromatic rings. The molecule has 1 aromatic heterocycles. The summed E-state index contributed by atoms with van der Waals surface area (Å²) in [5.41, 5.74) is 1.08. The largest absolute Gasteiger partial charge is 0.497 e. The highest BCUT2D eigenvalue weighted by molar-refractivity contribution is 9.10. The number of rotatable bonds is 6. The Morgan fingerprint density at radius 2 is 2.05 bits per heavy atom. The van der Waals surface area contributed by atoms with Gasteiger partial charge in [-0.3, -0.25) is 0 Å². The van der Waals surface area contributed by atoms with Gasteiger partial charge in [0.05, 0.1) is 20.3 Å². The van der Waals surface area contributed by atoms with E-state index in [1.54, 1.807) is 25.6 Å². The fourth-order valence-corrected chi connectivity index (χ4v) is 3.82. The molecule has 1 heterocycles. The van der Waals surface area contributed by atoms with E-state index < -0.39 is 0 Å². The number of hydrogen-bond acceptors (Lipinski definition) is 4. The van der Waals surface area contributed by atoms with Gasteiger partial charge in [0.1, 0.15) is 11.5 Å². The smallest absolute Gasteiger partial charge is 0.124 e. The third-order valence-electron chi connectivity index (χ3n) is 3.06. The Hall–Kier alpha value is -1.04. The van der Waals surface area contributed by atoms with Crippen molar-refractivity contribution in [3.63, 3.8) is 0 Å². The van der Waals surface area contributed by atoms with Crippen LogP contribution in [0, 0.1) is 0 Å². The van der Waals surface area contributed by atoms with Gasteiger partial charge in [0.2, 0.25) is 0 Å². The van der Waals surface area contributed by atoms with Crippen molar-refractivity contribution < 1.29 is 9.47 Å². The average Bonchev–Trinajstić information content (AvgIpc) is 2.90. The first kappa shape index (κ1) is 15.4. The lowest BCUT2D eigenvalue weighted by Crippen LogP contribution is -2.22. The summed E-state index contributed by atoms with van der Waals surface area (Å²) in [6, 6.07) is 8.03. The molecule has 0 radical (unpaired) electrons. The third-order valence-corrected chi connectivity index (χ3v) is 5.00. The Labute approximate surface area is 132 Å². The Kier molecular flexibility index (Phi) is 5.46. The summed E-state index contributed by atoms with van der Waals surface area (Å²) in [4.78, 5) is 1.23. The molecule has 108 valence electrons. The van der Waals surface area contributed by atoms with Crippen LogP contribution >= 0.6 is 27.3 Å². The van der Waals surface area contributed by atoms with Crippen LogP contribution in [0.3, 0.4) is 0 Å². The molecule has 0 fully saturated rings. The van der Waals surface area contributed by atoms with Gasteiger partial charge < -0.3 is 14.8 Å². The van der Waals surface area contributed by atoms with E-state index in [0.717, 1.165) is 28.1 Å². The number of benzene rings is 1. The van der Waals surface area contributed by atoms with Gasteiger partial charge in [0.25, 0.3) is 0 Å². The highest BCUT2D eigenvalue weighted by Crippen LogP contribution is 2.38. The van der Waals surface area contributed by atoms with Gasteiger partial charge in [-0.2, -0.15) is 0 Å². The number of hydrogen-bond donors (Lipinski definition) is 1. The highest BCUT2D eigenvalue weighted by Gasteiger charge is 2.21. The van der Waals surface area contributed by atoms with E-state index in [0.29, 0.717) is 0 Å². The van der Waals surface area contributed by atoms with Gasteiger partial charge in [-0.25, -0.2) is 0 Å². The summed E-state index contributed by atoms with van der Waals surface area (Å²) in [6.07, 6.45) is 0. The average molecular weight is 356 g/mol. The Bertz CT molecular complexity index is 571. The minimum atomic E-state index is 0.0828. The van der Waals surface area contributed by atoms with Gasteiger partial charge in [0.15, 0.2) is 0 Å². The zero-order valence-corrected chi connectivity index (χ0v) is 14.2. The number of thiophene rings is 1. The van der Waals surface area contributed by atoms with Crippen LogP contribution in [0.1, 0.15) is 23.4 Å². The lowest BCUT2D eigenvalue weighted by atomic mass is 10.0. The standard InChI is InChI=1S/C15H18BrNO2S/c1-4-17-14(15-12(16)7-8-20-15)11-9-10(18-2)5-6-13(11)19-3/h5-9,14,17H,4H2,1-3H3. The van der Waals surface area contributed by atoms with Crippen LogP contribution in [0.15, 0.2) is 34.1 Å². The monoisotopic (exact) mass is 355 g/mol. The van der Waals surface area contributed by atoms with Crippen molar-refractivity contribution in [1.29, 1.82) is 0 Å². The van der Waals surface area contributed by atoms with Crippen LogP contribution in [0.2, 0.25) is 0 Å². The van der Waals surface area contributed by atoms with Crippen LogP contribution in [0.4, 0.5) is 0 Å². The molecule has 3 nitrogen and oxygen atoms in total. The van der Waals surface area contributed by atoms with Gasteiger partial charge >= 0.3 is 0 Å². The third kappa shape index (κ3) is 3.16. The van der Waals surface area contributed by atoms with Crippen LogP contribution < -0.4 is 14.8 Å². The molecule has 0 spiro atoms. The molecule has 0 aliphatic heterocycles. The fraction of sp³-hybridized carbons (Fsp3) is 0.333. The molecule has 5 heteroatoms. The van der Waals surface area contributed by atoms with E-state index in [1.165, 1.54) is 4.88 Å². The molecule has 2 rings (SSSR count). The molecule has 1 unspecified atom stereocenters. The van der Waals surface area contributed by atoms with Gasteiger partial charge in [-0.05, 0) is 52.1 Å². The predicted octanol–water partition coefficient (Wildman–Crippen LogP) is 4.23. The predicted molar refractivity (Wildman–Crippen MR) is 87.1 cm³/mol. The van der Waals surface area contributed by atoms with Crippen molar-refractivity contribution in [2.75, 3.05) is 20.8 Å². The molecule has 0 bridgehead atoms. The van der Waals surface area contributed by atoms with Crippen LogP contribution in [0.5, 0.6) is 11.5 Å². The molecule has 0 saturated heterocycles. The lowest BCUT2D eigenvalue weighted by molar-refractivity contribution is 0.394. The van der Waals surface area contributed by atoms with E-state index in [1.807, 2.05) is 18.2 Å². The first-order valence-electron chi connectivity index (χ1n) is 6.39. The van der Waals surface area contributed by atoms with Crippen molar-refractivity contribution >= 4 is 27.3 Å². The topological polar surface area (TPSA) is 30.5 Å². The fourth-order valence-electron chi connectivity index (χ4n) is 2.12. The number of nitrogens with one attached hydrogen (secondary N) is 1. The van der Waals surface area contributed by atoms with Crippen LogP contribution in [-0.4, -0.2) is 20.8 Å². The molecule has 1 N–H and O–H groups in total. The van der Waals surface area contributed by atoms with Crippen molar-refractivity contribution in [1.82, 2.24) is 5.32 Å². The number of halogens is 1. The molecular weight excluding hydrogens is 338 g/mol. The van der Waals surface area contributed by atoms with Gasteiger partial charge in [0, 0.05) is 14.9 Å². The SMILES string of the molecule is CCNC(c1cc(OC)ccc1OC)c1sccc1Br. The molecule has 0 saturated carbocycles. The van der Waals surface area contributed by atoms with Crippen LogP contribution in [0.25, 0.3) is 0 Å². The van der Waals surface area contributed by atoms with E-state index in [2.05, 4.69) is 39.6 Å². The van der Waals surface area contributed by atoms with E-state index in [-0.39, 0.29) is 6.04 Å². The Balaban J connectivity index is 2.50. The second-order valence-corrected chi connectivity index (χ2v) is 6.03.